The first kappa shape index (κ1) is 19.5. The summed E-state index contributed by atoms with van der Waals surface area (Å²) >= 11 is 0. The second kappa shape index (κ2) is 7.57. The smallest absolute Gasteiger partial charge is 0.406 e. The molecular weight excluding hydrogens is 368 g/mol. The van der Waals surface area contributed by atoms with Crippen molar-refractivity contribution in [1.29, 1.82) is 0 Å². The summed E-state index contributed by atoms with van der Waals surface area (Å²) in [6.07, 6.45) is 3.76. The maximum atomic E-state index is 14.7. The quantitative estimate of drug-likeness (QED) is 0.487. The molecule has 0 bridgehead atoms. The van der Waals surface area contributed by atoms with Crippen LogP contribution in [0.1, 0.15) is 63.4 Å². The summed E-state index contributed by atoms with van der Waals surface area (Å²) in [5, 5.41) is 0.795. The molecule has 0 radical (unpaired) electrons. The van der Waals surface area contributed by atoms with E-state index < -0.39 is 12.2 Å². The van der Waals surface area contributed by atoms with Crippen molar-refractivity contribution < 1.29 is 22.3 Å². The van der Waals surface area contributed by atoms with E-state index in [0.29, 0.717) is 11.3 Å². The van der Waals surface area contributed by atoms with Crippen LogP contribution in [-0.4, -0.2) is 6.36 Å². The summed E-state index contributed by atoms with van der Waals surface area (Å²) in [5.41, 5.74) is 0.977. The molecule has 4 atom stereocenters. The third-order valence-electron chi connectivity index (χ3n) is 6.90. The van der Waals surface area contributed by atoms with Crippen LogP contribution in [0.2, 0.25) is 0 Å². The molecule has 1 nitrogen and oxygen atoms in total. The van der Waals surface area contributed by atoms with Gasteiger partial charge in [0.15, 0.2) is 0 Å². The van der Waals surface area contributed by atoms with Crippen LogP contribution in [0, 0.1) is 23.6 Å². The molecule has 0 heterocycles. The van der Waals surface area contributed by atoms with Crippen molar-refractivity contribution >= 4 is 10.8 Å². The highest BCUT2D eigenvalue weighted by atomic mass is 19.4. The minimum atomic E-state index is -4.78. The number of fused-ring (bicyclic) bond motifs is 2. The van der Waals surface area contributed by atoms with Crippen molar-refractivity contribution in [3.63, 3.8) is 0 Å². The Morgan fingerprint density at radius 2 is 1.71 bits per heavy atom. The minimum absolute atomic E-state index is 0.169. The topological polar surface area (TPSA) is 9.23 Å². The molecule has 0 N–H and O–H groups in total. The van der Waals surface area contributed by atoms with Gasteiger partial charge in [0, 0.05) is 5.39 Å². The molecule has 2 fully saturated rings. The molecule has 4 rings (SSSR count). The lowest BCUT2D eigenvalue weighted by molar-refractivity contribution is -0.274. The maximum absolute atomic E-state index is 14.7. The van der Waals surface area contributed by atoms with Gasteiger partial charge in [0.2, 0.25) is 0 Å². The predicted molar refractivity (Wildman–Crippen MR) is 102 cm³/mol. The van der Waals surface area contributed by atoms with Crippen LogP contribution < -0.4 is 4.74 Å². The fourth-order valence-electron chi connectivity index (χ4n) is 5.41. The Hall–Kier alpha value is -1.78. The van der Waals surface area contributed by atoms with Crippen LogP contribution in [0.25, 0.3) is 10.8 Å². The first-order valence-electron chi connectivity index (χ1n) is 10.3. The van der Waals surface area contributed by atoms with Gasteiger partial charge in [0.25, 0.3) is 0 Å². The summed E-state index contributed by atoms with van der Waals surface area (Å²) < 4.78 is 55.9. The van der Waals surface area contributed by atoms with Gasteiger partial charge in [-0.15, -0.1) is 13.2 Å². The fraction of sp³-hybridized carbons (Fsp3) is 0.565. The normalized spacial score (nSPS) is 28.2. The maximum Gasteiger partial charge on any atom is 0.573 e. The van der Waals surface area contributed by atoms with Gasteiger partial charge >= 0.3 is 6.36 Å². The van der Waals surface area contributed by atoms with Crippen LogP contribution in [0.15, 0.2) is 30.3 Å². The summed E-state index contributed by atoms with van der Waals surface area (Å²) in [5.74, 6) is 1.87. The Morgan fingerprint density at radius 1 is 0.964 bits per heavy atom. The molecule has 0 amide bonds. The Labute approximate surface area is 163 Å². The van der Waals surface area contributed by atoms with Gasteiger partial charge in [-0.2, -0.15) is 0 Å². The number of rotatable bonds is 3. The van der Waals surface area contributed by atoms with Crippen LogP contribution >= 0.6 is 0 Å². The van der Waals surface area contributed by atoms with Crippen molar-refractivity contribution in [3.05, 3.63) is 41.7 Å². The molecule has 0 saturated heterocycles. The zero-order chi connectivity index (χ0) is 19.9. The monoisotopic (exact) mass is 394 g/mol. The molecule has 28 heavy (non-hydrogen) atoms. The largest absolute Gasteiger partial charge is 0.573 e. The van der Waals surface area contributed by atoms with Crippen molar-refractivity contribution in [3.8, 4) is 5.75 Å². The average Bonchev–Trinajstić information content (AvgIpc) is 2.66. The lowest BCUT2D eigenvalue weighted by Gasteiger charge is -2.42. The number of hydrogen-bond donors (Lipinski definition) is 0. The highest BCUT2D eigenvalue weighted by molar-refractivity contribution is 5.85. The van der Waals surface area contributed by atoms with Crippen LogP contribution in [0.4, 0.5) is 17.6 Å². The number of benzene rings is 2. The Bertz CT molecular complexity index is 844. The molecule has 152 valence electrons. The van der Waals surface area contributed by atoms with Crippen LogP contribution in [-0.2, 0) is 0 Å². The van der Waals surface area contributed by atoms with Crippen molar-refractivity contribution in [2.75, 3.05) is 0 Å². The fourth-order valence-corrected chi connectivity index (χ4v) is 5.41. The van der Waals surface area contributed by atoms with E-state index in [2.05, 4.69) is 11.7 Å². The molecule has 0 spiro atoms. The van der Waals surface area contributed by atoms with E-state index in [1.165, 1.54) is 50.3 Å². The molecule has 2 saturated carbocycles. The summed E-state index contributed by atoms with van der Waals surface area (Å²) in [7, 11) is 0. The molecule has 2 unspecified atom stereocenters. The Balaban J connectivity index is 1.54. The molecule has 0 aliphatic heterocycles. The minimum Gasteiger partial charge on any atom is -0.406 e. The van der Waals surface area contributed by atoms with Gasteiger partial charge in [0.05, 0.1) is 0 Å². The molecule has 2 aromatic rings. The first-order valence-corrected chi connectivity index (χ1v) is 10.3. The average molecular weight is 394 g/mol. The van der Waals surface area contributed by atoms with Gasteiger partial charge in [0.1, 0.15) is 11.6 Å². The predicted octanol–water partition coefficient (Wildman–Crippen LogP) is 7.59. The third-order valence-corrected chi connectivity index (χ3v) is 6.90. The highest BCUT2D eigenvalue weighted by Gasteiger charge is 2.36. The van der Waals surface area contributed by atoms with Gasteiger partial charge in [-0.25, -0.2) is 4.39 Å². The standard InChI is InChI=1S/C23H26F4O/c1-2-14-3-4-16-10-17(6-5-15(16)9-14)19-11-18-7-8-20(28-23(25,26)27)13-21(18)22(24)12-19/h7-8,11-17H,2-6,9-10H2,1H3/t14-,15?,16-,17?/m1/s1. The molecule has 2 aromatic carbocycles. The number of alkyl halides is 3. The molecule has 2 aliphatic rings. The Morgan fingerprint density at radius 3 is 2.46 bits per heavy atom. The zero-order valence-corrected chi connectivity index (χ0v) is 16.1. The zero-order valence-electron chi connectivity index (χ0n) is 16.1. The first-order chi connectivity index (χ1) is 13.3. The van der Waals surface area contributed by atoms with E-state index in [1.54, 1.807) is 0 Å². The number of hydrogen-bond acceptors (Lipinski definition) is 1. The summed E-state index contributed by atoms with van der Waals surface area (Å²) in [4.78, 5) is 0. The van der Waals surface area contributed by atoms with E-state index in [-0.39, 0.29) is 11.1 Å². The number of halogens is 4. The molecule has 0 aromatic heterocycles. The lowest BCUT2D eigenvalue weighted by Crippen LogP contribution is -2.30. The van der Waals surface area contributed by atoms with Gasteiger partial charge < -0.3 is 4.74 Å². The van der Waals surface area contributed by atoms with E-state index in [1.807, 2.05) is 6.07 Å². The second-order valence-electron chi connectivity index (χ2n) is 8.55. The molecule has 2 aliphatic carbocycles. The van der Waals surface area contributed by atoms with Crippen molar-refractivity contribution in [1.82, 2.24) is 0 Å². The van der Waals surface area contributed by atoms with E-state index in [9.17, 15) is 17.6 Å². The van der Waals surface area contributed by atoms with Gasteiger partial charge in [-0.05, 0) is 84.9 Å². The molecular formula is C23H26F4O. The van der Waals surface area contributed by atoms with Crippen LogP contribution in [0.3, 0.4) is 0 Å². The summed E-state index contributed by atoms with van der Waals surface area (Å²) in [6, 6.07) is 7.36. The number of ether oxygens (including phenoxy) is 1. The Kier molecular flexibility index (Phi) is 5.28. The van der Waals surface area contributed by atoms with Crippen LogP contribution in [0.5, 0.6) is 5.75 Å². The van der Waals surface area contributed by atoms with Crippen molar-refractivity contribution in [2.45, 2.75) is 64.1 Å². The van der Waals surface area contributed by atoms with E-state index in [0.717, 1.165) is 42.2 Å². The lowest BCUT2D eigenvalue weighted by atomic mass is 9.63. The third kappa shape index (κ3) is 4.13. The van der Waals surface area contributed by atoms with Gasteiger partial charge in [-0.1, -0.05) is 31.9 Å². The van der Waals surface area contributed by atoms with E-state index in [4.69, 9.17) is 0 Å². The van der Waals surface area contributed by atoms with Gasteiger partial charge in [-0.3, -0.25) is 0 Å². The molecule has 5 heteroatoms. The summed E-state index contributed by atoms with van der Waals surface area (Å²) in [6.45, 7) is 2.28. The van der Waals surface area contributed by atoms with Crippen molar-refractivity contribution in [2.24, 2.45) is 17.8 Å². The highest BCUT2D eigenvalue weighted by Crippen LogP contribution is 2.48. The second-order valence-corrected chi connectivity index (χ2v) is 8.55. The van der Waals surface area contributed by atoms with E-state index >= 15 is 0 Å². The SMILES string of the molecule is CC[C@@H]1CC[C@@H]2CC(c3cc(F)c4cc(OC(F)(F)F)ccc4c3)CCC2C1.